The fraction of sp³-hybridized carbons (Fsp3) is 0.600. The summed E-state index contributed by atoms with van der Waals surface area (Å²) in [7, 11) is -6.93. The lowest BCUT2D eigenvalue weighted by molar-refractivity contribution is 0.565. The summed E-state index contributed by atoms with van der Waals surface area (Å²) in [6, 6.07) is 4.64. The van der Waals surface area contributed by atoms with Gasteiger partial charge in [0.1, 0.15) is 0 Å². The first kappa shape index (κ1) is 15.8. The molecule has 1 aromatic rings. The molecule has 2 saturated carbocycles. The van der Waals surface area contributed by atoms with Gasteiger partial charge in [-0.25, -0.2) is 16.8 Å². The summed E-state index contributed by atoms with van der Waals surface area (Å²) in [5, 5.41) is 3.38. The van der Waals surface area contributed by atoms with Crippen molar-refractivity contribution in [3.63, 3.8) is 0 Å². The summed E-state index contributed by atoms with van der Waals surface area (Å²) < 4.78 is 47.4. The second-order valence-electron chi connectivity index (χ2n) is 6.55. The van der Waals surface area contributed by atoms with Gasteiger partial charge in [0.05, 0.1) is 15.5 Å². The van der Waals surface area contributed by atoms with E-state index in [2.05, 4.69) is 5.32 Å². The molecule has 0 bridgehead atoms. The van der Waals surface area contributed by atoms with Crippen LogP contribution >= 0.6 is 0 Å². The lowest BCUT2D eigenvalue weighted by Gasteiger charge is -2.21. The lowest BCUT2D eigenvalue weighted by Crippen LogP contribution is -2.25. The zero-order chi connectivity index (χ0) is 16.1. The Balaban J connectivity index is 1.99. The maximum atomic E-state index is 12.1. The third kappa shape index (κ3) is 3.46. The second-order valence-corrected chi connectivity index (χ2v) is 10.5. The number of sulfone groups is 2. The first-order chi connectivity index (χ1) is 10.2. The van der Waals surface area contributed by atoms with Gasteiger partial charge in [-0.05, 0) is 55.7 Å². The fourth-order valence-corrected chi connectivity index (χ4v) is 4.46. The van der Waals surface area contributed by atoms with Crippen LogP contribution in [0.3, 0.4) is 0 Å². The highest BCUT2D eigenvalue weighted by Gasteiger charge is 2.41. The van der Waals surface area contributed by atoms with Crippen LogP contribution in [-0.2, 0) is 19.7 Å². The van der Waals surface area contributed by atoms with E-state index < -0.39 is 19.7 Å². The van der Waals surface area contributed by atoms with Crippen molar-refractivity contribution in [2.75, 3.05) is 17.8 Å². The van der Waals surface area contributed by atoms with Crippen LogP contribution in [0.15, 0.2) is 28.0 Å². The molecule has 122 valence electrons. The molecule has 0 atom stereocenters. The van der Waals surface area contributed by atoms with Crippen LogP contribution in [0.5, 0.6) is 0 Å². The minimum Gasteiger partial charge on any atom is -0.381 e. The minimum atomic E-state index is -3.50. The standard InChI is InChI=1S/C15H21NO4S2/c1-21(17,18)12-7-8-13(14(9-12)22(2,19)20)16-15(10-3-4-10)11-5-6-11/h7-11,15-16H,3-6H2,1-2H3. The second kappa shape index (κ2) is 5.23. The Bertz CT molecular complexity index is 779. The number of hydrogen-bond donors (Lipinski definition) is 1. The molecule has 0 saturated heterocycles. The van der Waals surface area contributed by atoms with Gasteiger partial charge < -0.3 is 5.32 Å². The highest BCUT2D eigenvalue weighted by Crippen LogP contribution is 2.46. The van der Waals surface area contributed by atoms with Gasteiger partial charge in [0, 0.05) is 18.6 Å². The van der Waals surface area contributed by atoms with E-state index in [0.717, 1.165) is 12.5 Å². The van der Waals surface area contributed by atoms with E-state index in [4.69, 9.17) is 0 Å². The first-order valence-corrected chi connectivity index (χ1v) is 11.3. The third-order valence-electron chi connectivity index (χ3n) is 4.36. The Morgan fingerprint density at radius 2 is 1.50 bits per heavy atom. The average Bonchev–Trinajstić information content (AvgIpc) is 3.25. The topological polar surface area (TPSA) is 80.3 Å². The molecular weight excluding hydrogens is 322 g/mol. The van der Waals surface area contributed by atoms with Crippen molar-refractivity contribution in [2.24, 2.45) is 11.8 Å². The summed E-state index contributed by atoms with van der Waals surface area (Å²) in [5.74, 6) is 1.24. The molecule has 2 aliphatic carbocycles. The monoisotopic (exact) mass is 343 g/mol. The SMILES string of the molecule is CS(=O)(=O)c1ccc(NC(C2CC2)C2CC2)c(S(C)(=O)=O)c1. The Labute approximate surface area is 132 Å². The molecule has 0 amide bonds. The van der Waals surface area contributed by atoms with Crippen molar-refractivity contribution in [3.8, 4) is 0 Å². The molecule has 0 radical (unpaired) electrons. The highest BCUT2D eigenvalue weighted by molar-refractivity contribution is 7.91. The van der Waals surface area contributed by atoms with Gasteiger partial charge in [0.25, 0.3) is 0 Å². The van der Waals surface area contributed by atoms with Gasteiger partial charge in [-0.1, -0.05) is 0 Å². The molecule has 3 rings (SSSR count). The molecule has 0 aromatic heterocycles. The molecular formula is C15H21NO4S2. The van der Waals surface area contributed by atoms with Gasteiger partial charge in [-0.2, -0.15) is 0 Å². The summed E-state index contributed by atoms with van der Waals surface area (Å²) in [6.07, 6.45) is 6.93. The molecule has 0 aliphatic heterocycles. The van der Waals surface area contributed by atoms with Crippen molar-refractivity contribution in [1.82, 2.24) is 0 Å². The molecule has 0 heterocycles. The maximum Gasteiger partial charge on any atom is 0.177 e. The van der Waals surface area contributed by atoms with E-state index in [9.17, 15) is 16.8 Å². The van der Waals surface area contributed by atoms with Crippen molar-refractivity contribution < 1.29 is 16.8 Å². The van der Waals surface area contributed by atoms with Crippen LogP contribution in [0.25, 0.3) is 0 Å². The van der Waals surface area contributed by atoms with Gasteiger partial charge in [-0.15, -0.1) is 0 Å². The molecule has 7 heteroatoms. The smallest absolute Gasteiger partial charge is 0.177 e. The van der Waals surface area contributed by atoms with E-state index in [-0.39, 0.29) is 9.79 Å². The van der Waals surface area contributed by atoms with Crippen molar-refractivity contribution in [2.45, 2.75) is 41.5 Å². The molecule has 0 spiro atoms. The molecule has 5 nitrogen and oxygen atoms in total. The van der Waals surface area contributed by atoms with Crippen LogP contribution in [-0.4, -0.2) is 35.4 Å². The molecule has 0 unspecified atom stereocenters. The summed E-state index contributed by atoms with van der Waals surface area (Å²) in [4.78, 5) is 0.106. The Kier molecular flexibility index (Phi) is 3.76. The van der Waals surface area contributed by atoms with Crippen LogP contribution < -0.4 is 5.32 Å². The molecule has 22 heavy (non-hydrogen) atoms. The van der Waals surface area contributed by atoms with Gasteiger partial charge in [0.2, 0.25) is 0 Å². The van der Waals surface area contributed by atoms with E-state index >= 15 is 0 Å². The van der Waals surface area contributed by atoms with Gasteiger partial charge >= 0.3 is 0 Å². The summed E-state index contributed by atoms with van der Waals surface area (Å²) in [6.45, 7) is 0. The molecule has 2 aliphatic rings. The van der Waals surface area contributed by atoms with E-state index in [0.29, 0.717) is 23.6 Å². The number of rotatable bonds is 6. The molecule has 1 aromatic carbocycles. The maximum absolute atomic E-state index is 12.1. The van der Waals surface area contributed by atoms with E-state index in [1.807, 2.05) is 0 Å². The zero-order valence-corrected chi connectivity index (χ0v) is 14.4. The summed E-state index contributed by atoms with van der Waals surface area (Å²) in [5.41, 5.74) is 0.527. The van der Waals surface area contributed by atoms with Crippen molar-refractivity contribution >= 4 is 25.4 Å². The first-order valence-electron chi connectivity index (χ1n) is 7.47. The van der Waals surface area contributed by atoms with Crippen LogP contribution in [0.1, 0.15) is 25.7 Å². The number of nitrogens with one attached hydrogen (secondary N) is 1. The normalized spacial score (nSPS) is 19.4. The van der Waals surface area contributed by atoms with Gasteiger partial charge in [0.15, 0.2) is 19.7 Å². The van der Waals surface area contributed by atoms with Crippen LogP contribution in [0.4, 0.5) is 5.69 Å². The van der Waals surface area contributed by atoms with Crippen molar-refractivity contribution in [3.05, 3.63) is 18.2 Å². The largest absolute Gasteiger partial charge is 0.381 e. The van der Waals surface area contributed by atoms with E-state index in [1.54, 1.807) is 6.07 Å². The lowest BCUT2D eigenvalue weighted by atomic mass is 10.1. The van der Waals surface area contributed by atoms with Crippen LogP contribution in [0, 0.1) is 11.8 Å². The minimum absolute atomic E-state index is 0.0351. The Morgan fingerprint density at radius 3 is 1.91 bits per heavy atom. The van der Waals surface area contributed by atoms with Crippen LogP contribution in [0.2, 0.25) is 0 Å². The quantitative estimate of drug-likeness (QED) is 0.855. The predicted octanol–water partition coefficient (Wildman–Crippen LogP) is 2.09. The van der Waals surface area contributed by atoms with Crippen molar-refractivity contribution in [1.29, 1.82) is 0 Å². The fourth-order valence-electron chi connectivity index (χ4n) is 2.87. The Morgan fingerprint density at radius 1 is 0.955 bits per heavy atom. The summed E-state index contributed by atoms with van der Waals surface area (Å²) >= 11 is 0. The average molecular weight is 343 g/mol. The third-order valence-corrected chi connectivity index (χ3v) is 6.61. The zero-order valence-electron chi connectivity index (χ0n) is 12.7. The number of anilines is 1. The highest BCUT2D eigenvalue weighted by atomic mass is 32.2. The number of benzene rings is 1. The Hall–Kier alpha value is -1.08. The molecule has 1 N–H and O–H groups in total. The predicted molar refractivity (Wildman–Crippen MR) is 85.5 cm³/mol. The number of hydrogen-bond acceptors (Lipinski definition) is 5. The van der Waals surface area contributed by atoms with Gasteiger partial charge in [-0.3, -0.25) is 0 Å². The molecule has 2 fully saturated rings. The van der Waals surface area contributed by atoms with E-state index in [1.165, 1.54) is 37.8 Å².